The van der Waals surface area contributed by atoms with Crippen LogP contribution in [-0.2, 0) is 25.5 Å². The van der Waals surface area contributed by atoms with Crippen LogP contribution < -0.4 is 26.3 Å². The van der Waals surface area contributed by atoms with Crippen LogP contribution in [0.15, 0.2) is 18.2 Å². The lowest BCUT2D eigenvalue weighted by Gasteiger charge is -2.39. The van der Waals surface area contributed by atoms with E-state index in [1.807, 2.05) is 26.0 Å². The number of ether oxygens (including phenoxy) is 4. The van der Waals surface area contributed by atoms with E-state index >= 15 is 0 Å². The number of primary amides is 1. The summed E-state index contributed by atoms with van der Waals surface area (Å²) in [6, 6.07) is 4.71. The average Bonchev–Trinajstić information content (AvgIpc) is 3.04. The first kappa shape index (κ1) is 42.6. The van der Waals surface area contributed by atoms with Gasteiger partial charge in [-0.25, -0.2) is 0 Å². The Labute approximate surface area is 290 Å². The minimum Gasteiger partial charge on any atom is -0.490 e. The lowest BCUT2D eigenvalue weighted by atomic mass is 9.80. The van der Waals surface area contributed by atoms with Gasteiger partial charge >= 0.3 is 0 Å². The number of nitrogens with one attached hydrogen (secondary N) is 1. The molecule has 1 aromatic carbocycles. The van der Waals surface area contributed by atoms with Crippen molar-refractivity contribution in [1.82, 2.24) is 5.32 Å². The first-order chi connectivity index (χ1) is 22.9. The Balaban J connectivity index is 2.19. The lowest BCUT2D eigenvalue weighted by molar-refractivity contribution is -0.277. The highest BCUT2D eigenvalue weighted by Crippen LogP contribution is 2.34. The standard InChI is InChI=1S/C35H61N3O11/c1-19(2)22(15-24(36)25(40)16-23(20(3)4)32(44)38-18-35(5,6)34(37)45)13-21-9-10-26(27(14-21)47-12-8-11-46-7)48-33-31(43)30(42)29(41)28(17-39)49-33/h9-10,14,19-20,22-25,28-31,33,39-43H,8,11-13,15-18,36H2,1-7H3,(H2,37,45)(H,38,44)/t22-,23-,24-,25-,28+,29+,30-,31+,33+/m0/s1. The number of methoxy groups -OCH3 is 1. The van der Waals surface area contributed by atoms with Gasteiger partial charge in [0, 0.05) is 38.6 Å². The molecule has 14 heteroatoms. The molecule has 1 fully saturated rings. The van der Waals surface area contributed by atoms with Gasteiger partial charge in [0.2, 0.25) is 18.1 Å². The van der Waals surface area contributed by atoms with Crippen molar-refractivity contribution in [2.24, 2.45) is 40.6 Å². The second-order valence-electron chi connectivity index (χ2n) is 14.5. The van der Waals surface area contributed by atoms with Gasteiger partial charge in [-0.05, 0) is 68.6 Å². The third-order valence-electron chi connectivity index (χ3n) is 9.37. The molecule has 0 aliphatic carbocycles. The number of nitrogens with two attached hydrogens (primary N) is 2. The number of amides is 2. The zero-order valence-corrected chi connectivity index (χ0v) is 30.1. The Morgan fingerprint density at radius 2 is 1.67 bits per heavy atom. The van der Waals surface area contributed by atoms with Crippen LogP contribution in [0.4, 0.5) is 0 Å². The number of carbonyl (C=O) groups excluding carboxylic acids is 2. The van der Waals surface area contributed by atoms with E-state index in [-0.39, 0.29) is 42.4 Å². The summed E-state index contributed by atoms with van der Waals surface area (Å²) in [5.74, 6) is -0.544. The highest BCUT2D eigenvalue weighted by atomic mass is 16.7. The molecule has 10 N–H and O–H groups in total. The van der Waals surface area contributed by atoms with Gasteiger partial charge in [-0.3, -0.25) is 9.59 Å². The Kier molecular flexibility index (Phi) is 17.2. The zero-order chi connectivity index (χ0) is 37.1. The Hall–Kier alpha value is -2.56. The normalized spacial score (nSPS) is 23.9. The summed E-state index contributed by atoms with van der Waals surface area (Å²) < 4.78 is 22.6. The predicted octanol–water partition coefficient (Wildman–Crippen LogP) is 0.464. The van der Waals surface area contributed by atoms with Crippen LogP contribution in [0.1, 0.15) is 66.4 Å². The fourth-order valence-corrected chi connectivity index (χ4v) is 5.61. The van der Waals surface area contributed by atoms with Gasteiger partial charge in [-0.2, -0.15) is 0 Å². The van der Waals surface area contributed by atoms with E-state index in [4.69, 9.17) is 30.4 Å². The molecule has 1 aromatic rings. The molecule has 9 atom stereocenters. The second kappa shape index (κ2) is 19.7. The Morgan fingerprint density at radius 3 is 2.24 bits per heavy atom. The molecular formula is C35H61N3O11. The number of benzene rings is 1. The van der Waals surface area contributed by atoms with Crippen molar-refractivity contribution >= 4 is 11.8 Å². The molecule has 0 aromatic heterocycles. The van der Waals surface area contributed by atoms with Gasteiger partial charge < -0.3 is 61.3 Å². The van der Waals surface area contributed by atoms with Gasteiger partial charge in [-0.1, -0.05) is 33.8 Å². The topological polar surface area (TPSA) is 236 Å². The molecule has 0 radical (unpaired) electrons. The van der Waals surface area contributed by atoms with Crippen LogP contribution in [0.3, 0.4) is 0 Å². The molecule has 0 saturated carbocycles. The summed E-state index contributed by atoms with van der Waals surface area (Å²) in [5.41, 5.74) is 12.0. The maximum Gasteiger partial charge on any atom is 0.229 e. The largest absolute Gasteiger partial charge is 0.490 e. The summed E-state index contributed by atoms with van der Waals surface area (Å²) in [6.45, 7) is 11.6. The predicted molar refractivity (Wildman–Crippen MR) is 182 cm³/mol. The van der Waals surface area contributed by atoms with E-state index in [0.717, 1.165) is 5.56 Å². The van der Waals surface area contributed by atoms with Gasteiger partial charge in [0.1, 0.15) is 24.4 Å². The van der Waals surface area contributed by atoms with Crippen LogP contribution in [-0.4, -0.2) is 114 Å². The lowest BCUT2D eigenvalue weighted by Crippen LogP contribution is -2.60. The number of hydrogen-bond donors (Lipinski definition) is 8. The molecular weight excluding hydrogens is 638 g/mol. The van der Waals surface area contributed by atoms with E-state index in [9.17, 15) is 35.1 Å². The SMILES string of the molecule is COCCCOc1cc(C[C@@H](C[C@H](N)[C@@H](O)C[C@H](C(=O)NCC(C)(C)C(N)=O)C(C)C)C(C)C)ccc1O[C@@H]1O[C@H](CO)[C@@H](O)[C@H](O)[C@H]1O. The molecule has 1 saturated heterocycles. The number of rotatable bonds is 21. The summed E-state index contributed by atoms with van der Waals surface area (Å²) in [7, 11) is 1.59. The molecule has 0 spiro atoms. The van der Waals surface area contributed by atoms with Crippen molar-refractivity contribution in [3.8, 4) is 11.5 Å². The van der Waals surface area contributed by atoms with Crippen molar-refractivity contribution in [2.45, 2.75) is 110 Å². The molecule has 0 bridgehead atoms. The van der Waals surface area contributed by atoms with Crippen LogP contribution in [0, 0.1) is 29.1 Å². The van der Waals surface area contributed by atoms with Crippen molar-refractivity contribution in [1.29, 1.82) is 0 Å². The minimum absolute atomic E-state index is 0.0471. The van der Waals surface area contributed by atoms with Gasteiger partial charge in [0.15, 0.2) is 11.5 Å². The third-order valence-corrected chi connectivity index (χ3v) is 9.37. The first-order valence-electron chi connectivity index (χ1n) is 17.2. The first-order valence-corrected chi connectivity index (χ1v) is 17.2. The highest BCUT2D eigenvalue weighted by molar-refractivity contribution is 5.83. The number of carbonyl (C=O) groups is 2. The number of aliphatic hydroxyl groups is 5. The molecule has 2 amide bonds. The maximum absolute atomic E-state index is 13.1. The summed E-state index contributed by atoms with van der Waals surface area (Å²) >= 11 is 0. The van der Waals surface area contributed by atoms with Crippen molar-refractivity contribution in [3.05, 3.63) is 23.8 Å². The fourth-order valence-electron chi connectivity index (χ4n) is 5.61. The van der Waals surface area contributed by atoms with Crippen molar-refractivity contribution in [3.63, 3.8) is 0 Å². The molecule has 0 unspecified atom stereocenters. The van der Waals surface area contributed by atoms with Crippen LogP contribution in [0.2, 0.25) is 0 Å². The molecule has 1 heterocycles. The second-order valence-corrected chi connectivity index (χ2v) is 14.5. The average molecular weight is 700 g/mol. The maximum atomic E-state index is 13.1. The van der Waals surface area contributed by atoms with Crippen molar-refractivity contribution < 1.29 is 54.1 Å². The van der Waals surface area contributed by atoms with Gasteiger partial charge in [0.25, 0.3) is 0 Å². The van der Waals surface area contributed by atoms with Crippen LogP contribution >= 0.6 is 0 Å². The van der Waals surface area contributed by atoms with E-state index in [2.05, 4.69) is 19.2 Å². The Morgan fingerprint density at radius 1 is 1.00 bits per heavy atom. The molecule has 2 rings (SSSR count). The monoisotopic (exact) mass is 699 g/mol. The highest BCUT2D eigenvalue weighted by Gasteiger charge is 2.45. The van der Waals surface area contributed by atoms with Crippen LogP contribution in [0.5, 0.6) is 11.5 Å². The quantitative estimate of drug-likeness (QED) is 0.0818. The molecule has 49 heavy (non-hydrogen) atoms. The summed E-state index contributed by atoms with van der Waals surface area (Å²) in [6.07, 6.45) is -6.31. The van der Waals surface area contributed by atoms with E-state index < -0.39 is 66.7 Å². The van der Waals surface area contributed by atoms with Gasteiger partial charge in [0.05, 0.1) is 24.7 Å². The van der Waals surface area contributed by atoms with Crippen molar-refractivity contribution in [2.75, 3.05) is 33.5 Å². The number of aliphatic hydroxyl groups excluding tert-OH is 5. The summed E-state index contributed by atoms with van der Waals surface area (Å²) in [5, 5.41) is 54.4. The van der Waals surface area contributed by atoms with E-state index in [1.165, 1.54) is 0 Å². The minimum atomic E-state index is -1.59. The van der Waals surface area contributed by atoms with Crippen LogP contribution in [0.25, 0.3) is 0 Å². The zero-order valence-electron chi connectivity index (χ0n) is 30.1. The van der Waals surface area contributed by atoms with Gasteiger partial charge in [-0.15, -0.1) is 0 Å². The van der Waals surface area contributed by atoms with E-state index in [0.29, 0.717) is 38.2 Å². The molecule has 282 valence electrons. The molecule has 1 aliphatic heterocycles. The fraction of sp³-hybridized carbons (Fsp3) is 0.771. The molecule has 14 nitrogen and oxygen atoms in total. The Bertz CT molecular complexity index is 1170. The summed E-state index contributed by atoms with van der Waals surface area (Å²) in [4.78, 5) is 24.8. The molecule has 1 aliphatic rings. The van der Waals surface area contributed by atoms with E-state index in [1.54, 1.807) is 27.0 Å². The number of hydrogen-bond acceptors (Lipinski definition) is 12. The third kappa shape index (κ3) is 12.6. The smallest absolute Gasteiger partial charge is 0.229 e.